The average molecular weight is 414 g/mol. The molecule has 0 unspecified atom stereocenters. The Kier molecular flexibility index (Phi) is 4.60. The second kappa shape index (κ2) is 7.01. The number of benzene rings is 1. The Morgan fingerprint density at radius 3 is 2.47 bits per heavy atom. The molecule has 3 heterocycles. The van der Waals surface area contributed by atoms with Crippen LogP contribution in [0.3, 0.4) is 0 Å². The summed E-state index contributed by atoms with van der Waals surface area (Å²) in [6.07, 6.45) is -3.24. The summed E-state index contributed by atoms with van der Waals surface area (Å²) >= 11 is 0. The van der Waals surface area contributed by atoms with Crippen molar-refractivity contribution in [2.75, 3.05) is 12.3 Å². The number of nitrogen functional groups attached to an aromatic ring is 1. The molecule has 0 bridgehead atoms. The van der Waals surface area contributed by atoms with Gasteiger partial charge in [-0.1, -0.05) is 18.2 Å². The van der Waals surface area contributed by atoms with E-state index in [-0.39, 0.29) is 40.7 Å². The first-order valence-electron chi connectivity index (χ1n) is 9.15. The number of halogens is 3. The minimum atomic E-state index is -4.54. The molecule has 2 aromatic heterocycles. The minimum absolute atomic E-state index is 0.0772. The third-order valence-corrected chi connectivity index (χ3v) is 4.77. The van der Waals surface area contributed by atoms with Crippen LogP contribution in [0.4, 0.5) is 19.1 Å². The van der Waals surface area contributed by atoms with E-state index >= 15 is 0 Å². The van der Waals surface area contributed by atoms with Crippen LogP contribution in [-0.2, 0) is 6.18 Å². The van der Waals surface area contributed by atoms with Gasteiger partial charge in [0.2, 0.25) is 5.95 Å². The third-order valence-electron chi connectivity index (χ3n) is 4.77. The molecule has 1 aromatic carbocycles. The number of amides is 1. The Balaban J connectivity index is 1.97. The number of anilines is 1. The average Bonchev–Trinajstić information content (AvgIpc) is 3.22. The predicted molar refractivity (Wildman–Crippen MR) is 105 cm³/mol. The first kappa shape index (κ1) is 19.7. The number of nitrogens with zero attached hydrogens (tertiary/aromatic N) is 3. The smallest absolute Gasteiger partial charge is 0.416 e. The molecule has 0 spiro atoms. The zero-order chi connectivity index (χ0) is 21.6. The van der Waals surface area contributed by atoms with Gasteiger partial charge in [0.25, 0.3) is 5.91 Å². The first-order chi connectivity index (χ1) is 14.2. The fraction of sp³-hybridized carbons (Fsp3) is 0.190. The molecule has 6 nitrogen and oxygen atoms in total. The molecular formula is C21H17F3N4O2. The summed E-state index contributed by atoms with van der Waals surface area (Å²) in [4.78, 5) is 22.8. The molecule has 30 heavy (non-hydrogen) atoms. The van der Waals surface area contributed by atoms with Crippen LogP contribution in [-0.4, -0.2) is 27.3 Å². The van der Waals surface area contributed by atoms with Gasteiger partial charge in [-0.2, -0.15) is 13.2 Å². The Morgan fingerprint density at radius 1 is 1.13 bits per heavy atom. The first-order valence-corrected chi connectivity index (χ1v) is 9.15. The molecule has 0 atom stereocenters. The Labute approximate surface area is 169 Å². The number of rotatable bonds is 3. The van der Waals surface area contributed by atoms with Crippen molar-refractivity contribution in [2.24, 2.45) is 0 Å². The SMILES string of the molecule is CCN1C(=O)c2c(nc(N)nc2-c2ccc(C)o2)/C1=C\c1ccccc1C(F)(F)F. The summed E-state index contributed by atoms with van der Waals surface area (Å²) in [5, 5.41) is 0. The molecule has 1 amide bonds. The van der Waals surface area contributed by atoms with E-state index in [9.17, 15) is 18.0 Å². The summed E-state index contributed by atoms with van der Waals surface area (Å²) in [6, 6.07) is 8.52. The molecule has 9 heteroatoms. The molecular weight excluding hydrogens is 397 g/mol. The highest BCUT2D eigenvalue weighted by atomic mass is 19.4. The summed E-state index contributed by atoms with van der Waals surface area (Å²) in [7, 11) is 0. The highest BCUT2D eigenvalue weighted by Crippen LogP contribution is 2.40. The maximum atomic E-state index is 13.5. The molecule has 0 radical (unpaired) electrons. The number of hydrogen-bond donors (Lipinski definition) is 1. The van der Waals surface area contributed by atoms with Crippen molar-refractivity contribution >= 4 is 23.6 Å². The van der Waals surface area contributed by atoms with Crippen molar-refractivity contribution in [2.45, 2.75) is 20.0 Å². The Hall–Kier alpha value is -3.62. The maximum Gasteiger partial charge on any atom is 0.416 e. The van der Waals surface area contributed by atoms with Crippen LogP contribution in [0.5, 0.6) is 0 Å². The summed E-state index contributed by atoms with van der Waals surface area (Å²) in [5.41, 5.74) is 5.74. The van der Waals surface area contributed by atoms with Gasteiger partial charge in [-0.25, -0.2) is 9.97 Å². The van der Waals surface area contributed by atoms with Crippen LogP contribution in [0, 0.1) is 6.92 Å². The van der Waals surface area contributed by atoms with E-state index in [0.717, 1.165) is 6.07 Å². The summed E-state index contributed by atoms with van der Waals surface area (Å²) in [5.74, 6) is 0.411. The number of carbonyl (C=O) groups excluding carboxylic acids is 1. The highest BCUT2D eigenvalue weighted by Gasteiger charge is 2.38. The zero-order valence-electron chi connectivity index (χ0n) is 16.1. The zero-order valence-corrected chi connectivity index (χ0v) is 16.1. The number of furan rings is 1. The number of aromatic nitrogens is 2. The number of carbonyl (C=O) groups is 1. The van der Waals surface area contributed by atoms with Gasteiger partial charge in [0.05, 0.1) is 16.8 Å². The van der Waals surface area contributed by atoms with Crippen LogP contribution >= 0.6 is 0 Å². The van der Waals surface area contributed by atoms with E-state index < -0.39 is 17.6 Å². The van der Waals surface area contributed by atoms with Crippen molar-refractivity contribution in [1.29, 1.82) is 0 Å². The van der Waals surface area contributed by atoms with Crippen LogP contribution in [0.15, 0.2) is 40.8 Å². The van der Waals surface area contributed by atoms with Gasteiger partial charge in [-0.05, 0) is 43.7 Å². The van der Waals surface area contributed by atoms with Crippen LogP contribution < -0.4 is 5.73 Å². The maximum absolute atomic E-state index is 13.5. The summed E-state index contributed by atoms with van der Waals surface area (Å²) in [6.45, 7) is 3.69. The molecule has 2 N–H and O–H groups in total. The monoisotopic (exact) mass is 414 g/mol. The number of aryl methyl sites for hydroxylation is 1. The van der Waals surface area contributed by atoms with Gasteiger partial charge in [0.15, 0.2) is 5.76 Å². The van der Waals surface area contributed by atoms with Gasteiger partial charge >= 0.3 is 6.18 Å². The molecule has 1 aliphatic rings. The molecule has 0 saturated carbocycles. The topological polar surface area (TPSA) is 85.2 Å². The quantitative estimate of drug-likeness (QED) is 0.676. The lowest BCUT2D eigenvalue weighted by molar-refractivity contribution is -0.137. The molecule has 0 aliphatic carbocycles. The van der Waals surface area contributed by atoms with Gasteiger partial charge in [-0.15, -0.1) is 0 Å². The predicted octanol–water partition coefficient (Wildman–Crippen LogP) is 4.62. The van der Waals surface area contributed by atoms with Crippen LogP contribution in [0.25, 0.3) is 23.2 Å². The third kappa shape index (κ3) is 3.22. The molecule has 0 saturated heterocycles. The highest BCUT2D eigenvalue weighted by molar-refractivity contribution is 6.14. The minimum Gasteiger partial charge on any atom is -0.460 e. The number of nitrogens with two attached hydrogens (primary N) is 1. The van der Waals surface area contributed by atoms with E-state index in [1.54, 1.807) is 26.0 Å². The second-order valence-corrected chi connectivity index (χ2v) is 6.73. The standard InChI is InChI=1S/C21H17F3N4O2/c1-3-28-14(10-12-6-4-5-7-13(12)21(22,23)24)17-16(19(28)29)18(27-20(25)26-17)15-9-8-11(2)30-15/h4-10H,3H2,1-2H3,(H2,25,26,27)/b14-10+. The Bertz CT molecular complexity index is 1180. The fourth-order valence-corrected chi connectivity index (χ4v) is 3.47. The molecule has 4 rings (SSSR count). The van der Waals surface area contributed by atoms with Crippen LogP contribution in [0.2, 0.25) is 0 Å². The van der Waals surface area contributed by atoms with E-state index in [4.69, 9.17) is 10.2 Å². The van der Waals surface area contributed by atoms with Crippen molar-refractivity contribution in [1.82, 2.24) is 14.9 Å². The van der Waals surface area contributed by atoms with Crippen molar-refractivity contribution in [3.8, 4) is 11.5 Å². The lowest BCUT2D eigenvalue weighted by Gasteiger charge is -2.16. The largest absolute Gasteiger partial charge is 0.460 e. The van der Waals surface area contributed by atoms with Crippen molar-refractivity contribution in [3.63, 3.8) is 0 Å². The Morgan fingerprint density at radius 2 is 1.83 bits per heavy atom. The molecule has 154 valence electrons. The molecule has 1 aliphatic heterocycles. The van der Waals surface area contributed by atoms with Gasteiger partial charge in [0.1, 0.15) is 17.1 Å². The van der Waals surface area contributed by atoms with E-state index in [2.05, 4.69) is 9.97 Å². The number of hydrogen-bond acceptors (Lipinski definition) is 5. The van der Waals surface area contributed by atoms with Crippen molar-refractivity contribution in [3.05, 3.63) is 64.5 Å². The second-order valence-electron chi connectivity index (χ2n) is 6.73. The van der Waals surface area contributed by atoms with Gasteiger partial charge in [-0.3, -0.25) is 4.79 Å². The summed E-state index contributed by atoms with van der Waals surface area (Å²) < 4.78 is 46.0. The molecule has 3 aromatic rings. The normalized spacial score (nSPS) is 15.2. The van der Waals surface area contributed by atoms with E-state index in [1.807, 2.05) is 0 Å². The molecule has 0 fully saturated rings. The number of fused-ring (bicyclic) bond motifs is 1. The van der Waals surface area contributed by atoms with Gasteiger partial charge in [0, 0.05) is 6.54 Å². The van der Waals surface area contributed by atoms with Crippen molar-refractivity contribution < 1.29 is 22.4 Å². The van der Waals surface area contributed by atoms with Crippen LogP contribution in [0.1, 0.15) is 39.9 Å². The van der Waals surface area contributed by atoms with E-state index in [1.165, 1.54) is 29.2 Å². The number of alkyl halides is 3. The van der Waals surface area contributed by atoms with Gasteiger partial charge < -0.3 is 15.1 Å². The fourth-order valence-electron chi connectivity index (χ4n) is 3.47. The lowest BCUT2D eigenvalue weighted by atomic mass is 10.0. The van der Waals surface area contributed by atoms with E-state index in [0.29, 0.717) is 11.5 Å². The lowest BCUT2D eigenvalue weighted by Crippen LogP contribution is -2.23.